The highest BCUT2D eigenvalue weighted by Crippen LogP contribution is 2.39. The number of benzene rings is 3. The molecule has 4 aromatic rings. The molecule has 0 saturated heterocycles. The molecule has 1 aromatic heterocycles. The molecule has 7 nitrogen and oxygen atoms in total. The van der Waals surface area contributed by atoms with Crippen LogP contribution in [-0.4, -0.2) is 39.5 Å². The van der Waals surface area contributed by atoms with E-state index in [0.29, 0.717) is 41.5 Å². The van der Waals surface area contributed by atoms with E-state index in [1.165, 1.54) is 25.4 Å². The van der Waals surface area contributed by atoms with E-state index < -0.39 is 15.6 Å². The Morgan fingerprint density at radius 3 is 2.24 bits per heavy atom. The van der Waals surface area contributed by atoms with Crippen molar-refractivity contribution in [2.24, 2.45) is 0 Å². The second-order valence-corrected chi connectivity index (χ2v) is 9.77. The monoisotopic (exact) mass is 475 g/mol. The summed E-state index contributed by atoms with van der Waals surface area (Å²) in [5.41, 5.74) is 1.74. The summed E-state index contributed by atoms with van der Waals surface area (Å²) in [6, 6.07) is 16.2. The number of aryl methyl sites for hydroxylation is 1. The fraction of sp³-hybridized carbons (Fsp3) is 0.154. The molecule has 5 rings (SSSR count). The molecule has 2 heterocycles. The van der Waals surface area contributed by atoms with Crippen LogP contribution in [0.2, 0.25) is 0 Å². The van der Waals surface area contributed by atoms with Gasteiger partial charge in [-0.05, 0) is 37.3 Å². The van der Waals surface area contributed by atoms with E-state index in [2.05, 4.69) is 4.98 Å². The molecule has 34 heavy (non-hydrogen) atoms. The van der Waals surface area contributed by atoms with Crippen molar-refractivity contribution >= 4 is 26.5 Å². The van der Waals surface area contributed by atoms with Crippen LogP contribution in [0.25, 0.3) is 10.9 Å². The molecule has 0 saturated carbocycles. The van der Waals surface area contributed by atoms with Crippen LogP contribution in [0.4, 0.5) is 0 Å². The Balaban J connectivity index is 1.78. The highest BCUT2D eigenvalue weighted by molar-refractivity contribution is 7.91. The SMILES string of the molecule is COc1ccc(S(=O)(=O)c2c(C(=O)c3ccc(C)cc3)cnc3cc4c(cc23)OCCO4)cc1. The summed E-state index contributed by atoms with van der Waals surface area (Å²) in [7, 11) is -2.62. The fourth-order valence-corrected chi connectivity index (χ4v) is 5.51. The number of hydrogen-bond acceptors (Lipinski definition) is 7. The highest BCUT2D eigenvalue weighted by atomic mass is 32.2. The first-order valence-corrected chi connectivity index (χ1v) is 12.1. The van der Waals surface area contributed by atoms with Crippen LogP contribution in [0.1, 0.15) is 21.5 Å². The number of ketones is 1. The van der Waals surface area contributed by atoms with Crippen LogP contribution < -0.4 is 14.2 Å². The fourth-order valence-electron chi connectivity index (χ4n) is 3.89. The molecule has 0 radical (unpaired) electrons. The second kappa shape index (κ2) is 8.46. The van der Waals surface area contributed by atoms with Gasteiger partial charge in [-0.1, -0.05) is 29.8 Å². The Hall–Kier alpha value is -3.91. The van der Waals surface area contributed by atoms with Crippen LogP contribution in [0.5, 0.6) is 17.2 Å². The van der Waals surface area contributed by atoms with Gasteiger partial charge in [0.2, 0.25) is 9.84 Å². The first-order valence-electron chi connectivity index (χ1n) is 10.6. The van der Waals surface area contributed by atoms with Crippen LogP contribution in [0.15, 0.2) is 76.7 Å². The van der Waals surface area contributed by atoms with E-state index >= 15 is 0 Å². The van der Waals surface area contributed by atoms with Gasteiger partial charge in [-0.2, -0.15) is 0 Å². The number of aromatic nitrogens is 1. The van der Waals surface area contributed by atoms with Crippen molar-refractivity contribution in [2.75, 3.05) is 20.3 Å². The smallest absolute Gasteiger partial charge is 0.208 e. The van der Waals surface area contributed by atoms with Crippen molar-refractivity contribution in [3.05, 3.63) is 83.6 Å². The summed E-state index contributed by atoms with van der Waals surface area (Å²) in [6.45, 7) is 2.64. The number of rotatable bonds is 5. The molecular formula is C26H21NO6S. The zero-order valence-corrected chi connectivity index (χ0v) is 19.4. The summed E-state index contributed by atoms with van der Waals surface area (Å²) in [5, 5.41) is 0.290. The molecule has 1 aliphatic heterocycles. The highest BCUT2D eigenvalue weighted by Gasteiger charge is 2.30. The van der Waals surface area contributed by atoms with Crippen molar-refractivity contribution in [1.82, 2.24) is 4.98 Å². The Kier molecular flexibility index (Phi) is 5.45. The third-order valence-corrected chi connectivity index (χ3v) is 7.55. The zero-order chi connectivity index (χ0) is 23.9. The predicted octanol–water partition coefficient (Wildman–Crippen LogP) is 4.39. The van der Waals surface area contributed by atoms with Gasteiger partial charge in [0.1, 0.15) is 19.0 Å². The average Bonchev–Trinajstić information content (AvgIpc) is 2.86. The summed E-state index contributed by atoms with van der Waals surface area (Å²) in [5.74, 6) is 0.980. The minimum absolute atomic E-state index is 0.0103. The lowest BCUT2D eigenvalue weighted by molar-refractivity contribution is 0.103. The molecule has 0 atom stereocenters. The number of carbonyl (C=O) groups is 1. The van der Waals surface area contributed by atoms with Gasteiger partial charge in [0.05, 0.1) is 28.0 Å². The van der Waals surface area contributed by atoms with Gasteiger partial charge in [0, 0.05) is 23.2 Å². The van der Waals surface area contributed by atoms with Gasteiger partial charge in [-0.15, -0.1) is 0 Å². The number of pyridine rings is 1. The molecule has 172 valence electrons. The van der Waals surface area contributed by atoms with E-state index in [4.69, 9.17) is 14.2 Å². The standard InChI is InChI=1S/C26H21NO6S/c1-16-3-5-17(6-4-16)25(28)21-15-27-22-14-24-23(32-11-12-33-24)13-20(22)26(21)34(29,30)19-9-7-18(31-2)8-10-19/h3-10,13-15H,11-12H2,1-2H3. The lowest BCUT2D eigenvalue weighted by Crippen LogP contribution is -2.16. The normalized spacial score (nSPS) is 13.0. The zero-order valence-electron chi connectivity index (χ0n) is 18.6. The quantitative estimate of drug-likeness (QED) is 0.396. The second-order valence-electron chi connectivity index (χ2n) is 7.89. The summed E-state index contributed by atoms with van der Waals surface area (Å²) >= 11 is 0. The number of nitrogens with zero attached hydrogens (tertiary/aromatic N) is 1. The van der Waals surface area contributed by atoms with E-state index in [-0.39, 0.29) is 20.7 Å². The molecule has 8 heteroatoms. The van der Waals surface area contributed by atoms with Crippen LogP contribution in [-0.2, 0) is 9.84 Å². The molecule has 0 aliphatic carbocycles. The molecule has 0 N–H and O–H groups in total. The molecule has 0 unspecified atom stereocenters. The van der Waals surface area contributed by atoms with Crippen LogP contribution in [0, 0.1) is 6.92 Å². The molecule has 0 amide bonds. The molecule has 0 bridgehead atoms. The Bertz CT molecular complexity index is 1510. The van der Waals surface area contributed by atoms with Crippen LogP contribution >= 0.6 is 0 Å². The molecule has 1 aliphatic rings. The van der Waals surface area contributed by atoms with Gasteiger partial charge in [0.15, 0.2) is 17.3 Å². The molecular weight excluding hydrogens is 454 g/mol. The Morgan fingerprint density at radius 2 is 1.59 bits per heavy atom. The maximum absolute atomic E-state index is 13.9. The van der Waals surface area contributed by atoms with E-state index in [0.717, 1.165) is 5.56 Å². The number of carbonyl (C=O) groups excluding carboxylic acids is 1. The number of ether oxygens (including phenoxy) is 3. The number of hydrogen-bond donors (Lipinski definition) is 0. The van der Waals surface area contributed by atoms with Crippen molar-refractivity contribution in [3.63, 3.8) is 0 Å². The topological polar surface area (TPSA) is 91.8 Å². The predicted molar refractivity (Wildman–Crippen MR) is 126 cm³/mol. The Labute approximate surface area is 196 Å². The minimum Gasteiger partial charge on any atom is -0.497 e. The molecule has 0 spiro atoms. The largest absolute Gasteiger partial charge is 0.497 e. The minimum atomic E-state index is -4.12. The van der Waals surface area contributed by atoms with E-state index in [1.807, 2.05) is 6.92 Å². The van der Waals surface area contributed by atoms with Crippen molar-refractivity contribution in [3.8, 4) is 17.2 Å². The third-order valence-electron chi connectivity index (χ3n) is 5.68. The van der Waals surface area contributed by atoms with Crippen molar-refractivity contribution < 1.29 is 27.4 Å². The van der Waals surface area contributed by atoms with Crippen molar-refractivity contribution in [1.29, 1.82) is 0 Å². The maximum Gasteiger partial charge on any atom is 0.208 e. The number of fused-ring (bicyclic) bond motifs is 2. The third kappa shape index (κ3) is 3.76. The van der Waals surface area contributed by atoms with Gasteiger partial charge in [-0.25, -0.2) is 8.42 Å². The van der Waals surface area contributed by atoms with Crippen molar-refractivity contribution in [2.45, 2.75) is 16.7 Å². The van der Waals surface area contributed by atoms with Gasteiger partial charge in [-0.3, -0.25) is 9.78 Å². The Morgan fingerprint density at radius 1 is 0.941 bits per heavy atom. The van der Waals surface area contributed by atoms with E-state index in [9.17, 15) is 13.2 Å². The summed E-state index contributed by atoms with van der Waals surface area (Å²) in [6.07, 6.45) is 1.32. The summed E-state index contributed by atoms with van der Waals surface area (Å²) < 4.78 is 44.3. The first kappa shape index (κ1) is 21.9. The average molecular weight is 476 g/mol. The molecule has 0 fully saturated rings. The number of sulfone groups is 1. The van der Waals surface area contributed by atoms with Crippen LogP contribution in [0.3, 0.4) is 0 Å². The summed E-state index contributed by atoms with van der Waals surface area (Å²) in [4.78, 5) is 17.8. The number of methoxy groups -OCH3 is 1. The van der Waals surface area contributed by atoms with Gasteiger partial charge in [0.25, 0.3) is 0 Å². The first-order chi connectivity index (χ1) is 16.4. The lowest BCUT2D eigenvalue weighted by atomic mass is 10.0. The lowest BCUT2D eigenvalue weighted by Gasteiger charge is -2.20. The van der Waals surface area contributed by atoms with Gasteiger partial charge >= 0.3 is 0 Å². The maximum atomic E-state index is 13.9. The molecule has 3 aromatic carbocycles. The van der Waals surface area contributed by atoms with E-state index in [1.54, 1.807) is 48.5 Å². The van der Waals surface area contributed by atoms with Gasteiger partial charge < -0.3 is 14.2 Å².